The highest BCUT2D eigenvalue weighted by molar-refractivity contribution is 7.80. The van der Waals surface area contributed by atoms with Crippen LogP contribution in [0.4, 0.5) is 11.6 Å². The Labute approximate surface area is 105 Å². The van der Waals surface area contributed by atoms with Gasteiger partial charge in [-0.05, 0) is 19.1 Å². The fourth-order valence-electron chi connectivity index (χ4n) is 1.47. The molecular weight excluding hydrogens is 234 g/mol. The number of hydrogen-bond donors (Lipinski definition) is 2. The molecule has 0 saturated carbocycles. The minimum absolute atomic E-state index is 0.321. The standard InChI is InChI=1S/C11H13N5S/c1-7-3-4-8(10(12)17)11(14-7)15-9-5-6-13-16(9)2/h3-6H,1-2H3,(H2,12,17)(H,14,15). The molecule has 0 unspecified atom stereocenters. The van der Waals surface area contributed by atoms with Crippen LogP contribution >= 0.6 is 12.2 Å². The quantitative estimate of drug-likeness (QED) is 0.804. The van der Waals surface area contributed by atoms with Crippen LogP contribution in [0.3, 0.4) is 0 Å². The summed E-state index contributed by atoms with van der Waals surface area (Å²) in [6.07, 6.45) is 1.71. The van der Waals surface area contributed by atoms with Gasteiger partial charge in [-0.1, -0.05) is 12.2 Å². The molecule has 0 fully saturated rings. The van der Waals surface area contributed by atoms with Gasteiger partial charge in [-0.15, -0.1) is 0 Å². The van der Waals surface area contributed by atoms with Gasteiger partial charge >= 0.3 is 0 Å². The summed E-state index contributed by atoms with van der Waals surface area (Å²) in [6.45, 7) is 1.91. The second kappa shape index (κ2) is 4.50. The Hall–Kier alpha value is -1.95. The van der Waals surface area contributed by atoms with Crippen molar-refractivity contribution in [1.82, 2.24) is 14.8 Å². The average Bonchev–Trinajstić information content (AvgIpc) is 2.64. The number of aromatic nitrogens is 3. The van der Waals surface area contributed by atoms with Gasteiger partial charge in [-0.2, -0.15) is 5.10 Å². The van der Waals surface area contributed by atoms with E-state index in [1.165, 1.54) is 0 Å². The first kappa shape index (κ1) is 11.5. The molecule has 0 aliphatic carbocycles. The van der Waals surface area contributed by atoms with Gasteiger partial charge in [-0.3, -0.25) is 4.68 Å². The SMILES string of the molecule is Cc1ccc(C(N)=S)c(Nc2ccnn2C)n1. The number of nitrogens with zero attached hydrogens (tertiary/aromatic N) is 3. The van der Waals surface area contributed by atoms with Crippen molar-refractivity contribution in [3.8, 4) is 0 Å². The molecule has 2 heterocycles. The number of nitrogens with two attached hydrogens (primary N) is 1. The number of hydrogen-bond acceptors (Lipinski definition) is 4. The minimum Gasteiger partial charge on any atom is -0.389 e. The van der Waals surface area contributed by atoms with Crippen LogP contribution in [-0.2, 0) is 7.05 Å². The first-order valence-corrected chi connectivity index (χ1v) is 5.51. The maximum Gasteiger partial charge on any atom is 0.142 e. The minimum atomic E-state index is 0.321. The van der Waals surface area contributed by atoms with Crippen molar-refractivity contribution in [3.63, 3.8) is 0 Å². The van der Waals surface area contributed by atoms with Crippen molar-refractivity contribution in [2.75, 3.05) is 5.32 Å². The van der Waals surface area contributed by atoms with E-state index in [0.717, 1.165) is 17.1 Å². The fraction of sp³-hybridized carbons (Fsp3) is 0.182. The molecule has 0 amide bonds. The number of pyridine rings is 1. The molecule has 0 radical (unpaired) electrons. The van der Waals surface area contributed by atoms with Crippen LogP contribution in [0.25, 0.3) is 0 Å². The van der Waals surface area contributed by atoms with Crippen molar-refractivity contribution in [3.05, 3.63) is 35.7 Å². The van der Waals surface area contributed by atoms with E-state index in [0.29, 0.717) is 10.8 Å². The molecule has 0 saturated heterocycles. The molecule has 2 rings (SSSR count). The Morgan fingerprint density at radius 3 is 2.76 bits per heavy atom. The summed E-state index contributed by atoms with van der Waals surface area (Å²) in [5, 5.41) is 7.24. The maximum atomic E-state index is 5.66. The Bertz CT molecular complexity index is 561. The van der Waals surface area contributed by atoms with Crippen LogP contribution < -0.4 is 11.1 Å². The third-order valence-electron chi connectivity index (χ3n) is 2.37. The van der Waals surface area contributed by atoms with E-state index in [1.54, 1.807) is 10.9 Å². The summed E-state index contributed by atoms with van der Waals surface area (Å²) in [5.41, 5.74) is 7.29. The molecule has 0 aliphatic heterocycles. The molecule has 0 aromatic carbocycles. The van der Waals surface area contributed by atoms with E-state index in [2.05, 4.69) is 15.4 Å². The first-order chi connectivity index (χ1) is 8.08. The second-order valence-corrected chi connectivity index (χ2v) is 4.12. The van der Waals surface area contributed by atoms with Crippen molar-refractivity contribution >= 4 is 28.8 Å². The average molecular weight is 247 g/mol. The zero-order valence-corrected chi connectivity index (χ0v) is 10.5. The van der Waals surface area contributed by atoms with Gasteiger partial charge in [-0.25, -0.2) is 4.98 Å². The van der Waals surface area contributed by atoms with Crippen LogP contribution in [0.5, 0.6) is 0 Å². The van der Waals surface area contributed by atoms with E-state index in [9.17, 15) is 0 Å². The lowest BCUT2D eigenvalue weighted by Gasteiger charge is -2.10. The van der Waals surface area contributed by atoms with Crippen LogP contribution in [0.15, 0.2) is 24.4 Å². The van der Waals surface area contributed by atoms with Crippen molar-refractivity contribution in [2.24, 2.45) is 12.8 Å². The summed E-state index contributed by atoms with van der Waals surface area (Å²) in [7, 11) is 1.85. The lowest BCUT2D eigenvalue weighted by Crippen LogP contribution is -2.14. The second-order valence-electron chi connectivity index (χ2n) is 3.68. The molecular formula is C11H13N5S. The van der Waals surface area contributed by atoms with Crippen molar-refractivity contribution in [2.45, 2.75) is 6.92 Å². The summed E-state index contributed by atoms with van der Waals surface area (Å²) in [5.74, 6) is 1.49. The molecule has 0 aliphatic rings. The third kappa shape index (κ3) is 2.42. The van der Waals surface area contributed by atoms with Gasteiger partial charge in [0.05, 0.1) is 11.8 Å². The Morgan fingerprint density at radius 1 is 1.41 bits per heavy atom. The summed E-state index contributed by atoms with van der Waals surface area (Å²) in [4.78, 5) is 4.71. The van der Waals surface area contributed by atoms with E-state index in [1.807, 2.05) is 32.2 Å². The molecule has 2 aromatic heterocycles. The van der Waals surface area contributed by atoms with Gasteiger partial charge in [0.15, 0.2) is 0 Å². The van der Waals surface area contributed by atoms with E-state index < -0.39 is 0 Å². The van der Waals surface area contributed by atoms with E-state index in [4.69, 9.17) is 18.0 Å². The first-order valence-electron chi connectivity index (χ1n) is 5.10. The van der Waals surface area contributed by atoms with Gasteiger partial charge in [0.25, 0.3) is 0 Å². The summed E-state index contributed by atoms with van der Waals surface area (Å²) >= 11 is 5.00. The molecule has 2 aromatic rings. The molecule has 0 bridgehead atoms. The number of thiocarbonyl (C=S) groups is 1. The van der Waals surface area contributed by atoms with Crippen LogP contribution in [0, 0.1) is 6.92 Å². The monoisotopic (exact) mass is 247 g/mol. The largest absolute Gasteiger partial charge is 0.389 e. The predicted molar refractivity (Wildman–Crippen MR) is 71.4 cm³/mol. The normalized spacial score (nSPS) is 10.2. The maximum absolute atomic E-state index is 5.66. The van der Waals surface area contributed by atoms with Crippen molar-refractivity contribution in [1.29, 1.82) is 0 Å². The number of rotatable bonds is 3. The highest BCUT2D eigenvalue weighted by atomic mass is 32.1. The molecule has 17 heavy (non-hydrogen) atoms. The predicted octanol–water partition coefficient (Wildman–Crippen LogP) is 1.50. The highest BCUT2D eigenvalue weighted by Gasteiger charge is 2.08. The lowest BCUT2D eigenvalue weighted by atomic mass is 10.2. The topological polar surface area (TPSA) is 68.8 Å². The molecule has 3 N–H and O–H groups in total. The number of anilines is 2. The van der Waals surface area contributed by atoms with Gasteiger partial charge < -0.3 is 11.1 Å². The lowest BCUT2D eigenvalue weighted by molar-refractivity contribution is 0.776. The Balaban J connectivity index is 2.41. The van der Waals surface area contributed by atoms with Gasteiger partial charge in [0.1, 0.15) is 16.6 Å². The zero-order valence-electron chi connectivity index (χ0n) is 9.64. The highest BCUT2D eigenvalue weighted by Crippen LogP contribution is 2.18. The van der Waals surface area contributed by atoms with E-state index in [-0.39, 0.29) is 0 Å². The molecule has 5 nitrogen and oxygen atoms in total. The summed E-state index contributed by atoms with van der Waals surface area (Å²) < 4.78 is 1.72. The zero-order chi connectivity index (χ0) is 12.4. The molecule has 0 spiro atoms. The van der Waals surface area contributed by atoms with E-state index >= 15 is 0 Å². The fourth-order valence-corrected chi connectivity index (χ4v) is 1.63. The Morgan fingerprint density at radius 2 is 2.18 bits per heavy atom. The molecule has 88 valence electrons. The molecule has 6 heteroatoms. The van der Waals surface area contributed by atoms with Crippen LogP contribution in [0.1, 0.15) is 11.3 Å². The Kier molecular flexibility index (Phi) is 3.06. The van der Waals surface area contributed by atoms with Crippen molar-refractivity contribution < 1.29 is 0 Å². The number of nitrogens with one attached hydrogen (secondary N) is 1. The number of aryl methyl sites for hydroxylation is 2. The smallest absolute Gasteiger partial charge is 0.142 e. The van der Waals surface area contributed by atoms with Gasteiger partial charge in [0.2, 0.25) is 0 Å². The van der Waals surface area contributed by atoms with Crippen LogP contribution in [-0.4, -0.2) is 19.8 Å². The van der Waals surface area contributed by atoms with Gasteiger partial charge in [0, 0.05) is 18.8 Å². The summed E-state index contributed by atoms with van der Waals surface area (Å²) in [6, 6.07) is 5.60. The molecule has 0 atom stereocenters. The third-order valence-corrected chi connectivity index (χ3v) is 2.59. The van der Waals surface area contributed by atoms with Crippen LogP contribution in [0.2, 0.25) is 0 Å².